The highest BCUT2D eigenvalue weighted by Gasteiger charge is 2.27. The number of ether oxygens (including phenoxy) is 1. The minimum atomic E-state index is -4.27. The molecule has 0 aliphatic heterocycles. The van der Waals surface area contributed by atoms with Gasteiger partial charge in [0.05, 0.1) is 6.61 Å². The third-order valence-corrected chi connectivity index (χ3v) is 3.50. The molecule has 0 unspecified atom stereocenters. The second-order valence-electron chi connectivity index (χ2n) is 5.79. The Hall–Kier alpha value is -0.730. The molecular weight excluding hydrogens is 303 g/mol. The van der Waals surface area contributed by atoms with E-state index < -0.39 is 12.8 Å². The number of halogens is 3. The Labute approximate surface area is 127 Å². The summed E-state index contributed by atoms with van der Waals surface area (Å²) in [6.07, 6.45) is -2.12. The molecule has 0 fully saturated rings. The Bertz CT molecular complexity index is 379. The first-order chi connectivity index (χ1) is 9.66. The van der Waals surface area contributed by atoms with Gasteiger partial charge in [-0.3, -0.25) is 0 Å². The highest BCUT2D eigenvalue weighted by molar-refractivity contribution is 7.11. The Kier molecular flexibility index (Phi) is 7.02. The van der Waals surface area contributed by atoms with Crippen LogP contribution in [0.5, 0.6) is 0 Å². The fourth-order valence-corrected chi connectivity index (χ4v) is 2.41. The lowest BCUT2D eigenvalue weighted by Crippen LogP contribution is -2.36. The van der Waals surface area contributed by atoms with Crippen molar-refractivity contribution in [2.45, 2.75) is 51.7 Å². The number of hydrogen-bond acceptors (Lipinski definition) is 5. The van der Waals surface area contributed by atoms with Gasteiger partial charge >= 0.3 is 6.18 Å². The predicted octanol–water partition coefficient (Wildman–Crippen LogP) is 2.98. The van der Waals surface area contributed by atoms with Crippen LogP contribution in [-0.2, 0) is 17.6 Å². The maximum absolute atomic E-state index is 11.9. The van der Waals surface area contributed by atoms with Crippen molar-refractivity contribution in [3.8, 4) is 0 Å². The number of rotatable bonds is 8. The summed E-state index contributed by atoms with van der Waals surface area (Å²) in [5.41, 5.74) is 0.0993. The van der Waals surface area contributed by atoms with Crippen LogP contribution in [-0.4, -0.2) is 41.7 Å². The molecule has 0 aliphatic rings. The Morgan fingerprint density at radius 1 is 1.10 bits per heavy atom. The highest BCUT2D eigenvalue weighted by atomic mass is 32.1. The molecule has 8 heteroatoms. The zero-order valence-electron chi connectivity index (χ0n) is 12.6. The Morgan fingerprint density at radius 3 is 2.29 bits per heavy atom. The minimum absolute atomic E-state index is 0.0136. The lowest BCUT2D eigenvalue weighted by atomic mass is 10.1. The highest BCUT2D eigenvalue weighted by Crippen LogP contribution is 2.16. The molecular formula is C13H22F3N3OS. The van der Waals surface area contributed by atoms with E-state index in [2.05, 4.69) is 41.0 Å². The number of hydrogen-bond donors (Lipinski definition) is 1. The lowest BCUT2D eigenvalue weighted by molar-refractivity contribution is -0.173. The molecule has 122 valence electrons. The van der Waals surface area contributed by atoms with E-state index in [4.69, 9.17) is 0 Å². The number of nitrogens with zero attached hydrogens (tertiary/aromatic N) is 2. The van der Waals surface area contributed by atoms with Crippen molar-refractivity contribution in [3.05, 3.63) is 10.0 Å². The van der Waals surface area contributed by atoms with Crippen molar-refractivity contribution in [2.75, 3.05) is 19.8 Å². The van der Waals surface area contributed by atoms with Crippen LogP contribution in [0.25, 0.3) is 0 Å². The molecule has 0 spiro atoms. The van der Waals surface area contributed by atoms with Crippen LogP contribution in [0.4, 0.5) is 13.2 Å². The van der Waals surface area contributed by atoms with Crippen LogP contribution in [0.1, 0.15) is 37.2 Å². The van der Waals surface area contributed by atoms with E-state index in [9.17, 15) is 13.2 Å². The van der Waals surface area contributed by atoms with Crippen LogP contribution in [0, 0.1) is 0 Å². The molecule has 0 aliphatic carbocycles. The first-order valence-electron chi connectivity index (χ1n) is 6.86. The second-order valence-corrected chi connectivity index (χ2v) is 6.93. The average molecular weight is 325 g/mol. The van der Waals surface area contributed by atoms with Crippen molar-refractivity contribution < 1.29 is 17.9 Å². The van der Waals surface area contributed by atoms with E-state index >= 15 is 0 Å². The first-order valence-corrected chi connectivity index (χ1v) is 7.68. The van der Waals surface area contributed by atoms with Crippen molar-refractivity contribution in [3.63, 3.8) is 0 Å². The van der Waals surface area contributed by atoms with Crippen LogP contribution in [0.2, 0.25) is 0 Å². The van der Waals surface area contributed by atoms with Gasteiger partial charge in [0.2, 0.25) is 0 Å². The van der Waals surface area contributed by atoms with E-state index in [1.807, 2.05) is 0 Å². The summed E-state index contributed by atoms with van der Waals surface area (Å²) in [7, 11) is 0. The smallest absolute Gasteiger partial charge is 0.372 e. The summed E-state index contributed by atoms with van der Waals surface area (Å²) >= 11 is 1.44. The summed E-state index contributed by atoms with van der Waals surface area (Å²) in [5, 5.41) is 13.0. The van der Waals surface area contributed by atoms with E-state index in [0.29, 0.717) is 6.42 Å². The van der Waals surface area contributed by atoms with Crippen molar-refractivity contribution in [2.24, 2.45) is 0 Å². The summed E-state index contributed by atoms with van der Waals surface area (Å²) < 4.78 is 40.2. The molecule has 1 aromatic heterocycles. The summed E-state index contributed by atoms with van der Waals surface area (Å²) in [6.45, 7) is 6.02. The molecule has 21 heavy (non-hydrogen) atoms. The van der Waals surface area contributed by atoms with Crippen molar-refractivity contribution >= 4 is 11.3 Å². The molecule has 0 saturated heterocycles. The topological polar surface area (TPSA) is 47.0 Å². The van der Waals surface area contributed by atoms with Crippen LogP contribution in [0.15, 0.2) is 0 Å². The molecule has 0 saturated carbocycles. The third-order valence-electron chi connectivity index (χ3n) is 2.46. The van der Waals surface area contributed by atoms with Gasteiger partial charge in [-0.2, -0.15) is 13.2 Å². The predicted molar refractivity (Wildman–Crippen MR) is 76.6 cm³/mol. The molecule has 0 bridgehead atoms. The van der Waals surface area contributed by atoms with Gasteiger partial charge in [-0.1, -0.05) is 0 Å². The fraction of sp³-hybridized carbons (Fsp3) is 0.846. The number of aromatic nitrogens is 2. The molecule has 1 N–H and O–H groups in total. The van der Waals surface area contributed by atoms with Gasteiger partial charge in [-0.15, -0.1) is 21.5 Å². The van der Waals surface area contributed by atoms with Gasteiger partial charge in [0.15, 0.2) is 0 Å². The Morgan fingerprint density at radius 2 is 1.71 bits per heavy atom. The van der Waals surface area contributed by atoms with Crippen LogP contribution >= 0.6 is 11.3 Å². The van der Waals surface area contributed by atoms with Gasteiger partial charge in [-0.25, -0.2) is 0 Å². The fourth-order valence-electron chi connectivity index (χ4n) is 1.54. The SMILES string of the molecule is CC(C)(C)NCCCc1nnc(CCOCC(F)(F)F)s1. The Balaban J connectivity index is 2.18. The maximum Gasteiger partial charge on any atom is 0.411 e. The second kappa shape index (κ2) is 8.05. The number of nitrogens with one attached hydrogen (secondary N) is 1. The molecule has 0 radical (unpaired) electrons. The molecule has 1 heterocycles. The zero-order chi connectivity index (χ0) is 15.9. The third kappa shape index (κ3) is 9.76. The molecule has 0 amide bonds. The summed E-state index contributed by atoms with van der Waals surface area (Å²) in [4.78, 5) is 0. The van der Waals surface area contributed by atoms with E-state index in [1.165, 1.54) is 11.3 Å². The zero-order valence-corrected chi connectivity index (χ0v) is 13.4. The van der Waals surface area contributed by atoms with Gasteiger partial charge in [0.1, 0.15) is 16.6 Å². The van der Waals surface area contributed by atoms with E-state index in [-0.39, 0.29) is 12.1 Å². The molecule has 1 rings (SSSR count). The van der Waals surface area contributed by atoms with E-state index in [1.54, 1.807) is 0 Å². The lowest BCUT2D eigenvalue weighted by Gasteiger charge is -2.20. The monoisotopic (exact) mass is 325 g/mol. The first kappa shape index (κ1) is 18.3. The molecule has 1 aromatic rings. The molecule has 0 aromatic carbocycles. The van der Waals surface area contributed by atoms with Crippen molar-refractivity contribution in [1.82, 2.24) is 15.5 Å². The summed E-state index contributed by atoms with van der Waals surface area (Å²) in [5.74, 6) is 0. The van der Waals surface area contributed by atoms with E-state index in [0.717, 1.165) is 29.4 Å². The molecule has 4 nitrogen and oxygen atoms in total. The quantitative estimate of drug-likeness (QED) is 0.747. The van der Waals surface area contributed by atoms with Gasteiger partial charge in [0, 0.05) is 18.4 Å². The average Bonchev–Trinajstić information content (AvgIpc) is 2.76. The summed E-state index contributed by atoms with van der Waals surface area (Å²) in [6, 6.07) is 0. The van der Waals surface area contributed by atoms with Crippen LogP contribution < -0.4 is 5.32 Å². The number of aryl methyl sites for hydroxylation is 1. The van der Waals surface area contributed by atoms with Gasteiger partial charge in [0.25, 0.3) is 0 Å². The standard InChI is InChI=1S/C13H22F3N3OS/c1-12(2,3)17-7-4-5-10-18-19-11(21-10)6-8-20-9-13(14,15)16/h17H,4-9H2,1-3H3. The molecule has 0 atom stereocenters. The number of alkyl halides is 3. The van der Waals surface area contributed by atoms with Crippen molar-refractivity contribution in [1.29, 1.82) is 0 Å². The van der Waals surface area contributed by atoms with Crippen LogP contribution in [0.3, 0.4) is 0 Å². The largest absolute Gasteiger partial charge is 0.411 e. The minimum Gasteiger partial charge on any atom is -0.372 e. The van der Waals surface area contributed by atoms with Gasteiger partial charge in [-0.05, 0) is 33.7 Å². The van der Waals surface area contributed by atoms with Gasteiger partial charge < -0.3 is 10.1 Å². The normalized spacial score (nSPS) is 12.9. The maximum atomic E-state index is 11.9.